The number of anilines is 1. The number of amides is 1. The summed E-state index contributed by atoms with van der Waals surface area (Å²) in [6, 6.07) is 6.72. The average molecular weight is 354 g/mol. The minimum Gasteiger partial charge on any atom is -0.381 e. The van der Waals surface area contributed by atoms with Gasteiger partial charge in [0.15, 0.2) is 4.96 Å². The van der Waals surface area contributed by atoms with E-state index >= 15 is 0 Å². The number of piperidine rings is 1. The highest BCUT2D eigenvalue weighted by atomic mass is 32.1. The van der Waals surface area contributed by atoms with Crippen LogP contribution in [-0.2, 0) is 0 Å². The summed E-state index contributed by atoms with van der Waals surface area (Å²) in [6.07, 6.45) is 5.85. The van der Waals surface area contributed by atoms with Gasteiger partial charge in [-0.1, -0.05) is 6.07 Å². The number of carbonyl (C=O) groups excluding carboxylic acids is 1. The van der Waals surface area contributed by atoms with E-state index in [2.05, 4.69) is 42.3 Å². The number of nitrogens with one attached hydrogen (secondary N) is 1. The summed E-state index contributed by atoms with van der Waals surface area (Å²) in [5, 5.41) is 5.56. The van der Waals surface area contributed by atoms with Gasteiger partial charge in [-0.3, -0.25) is 9.20 Å². The number of fused-ring (bicyclic) bond motifs is 1. The summed E-state index contributed by atoms with van der Waals surface area (Å²) in [6.45, 7) is 5.77. The largest absolute Gasteiger partial charge is 0.381 e. The minimum atomic E-state index is 0.0301. The number of carbonyl (C=O) groups is 1. The Kier molecular flexibility index (Phi) is 4.21. The SMILES string of the molecule is Cc1ccc(N[C@@H]2CCCN(C(=O)c3cn4ccsc4n3)C2)cc1C. The number of nitrogens with zero attached hydrogens (tertiary/aromatic N) is 3. The molecule has 25 heavy (non-hydrogen) atoms. The van der Waals surface area contributed by atoms with Crippen molar-refractivity contribution in [3.05, 3.63) is 52.8 Å². The van der Waals surface area contributed by atoms with E-state index in [1.807, 2.05) is 27.1 Å². The van der Waals surface area contributed by atoms with Crippen molar-refractivity contribution in [2.75, 3.05) is 18.4 Å². The van der Waals surface area contributed by atoms with Crippen molar-refractivity contribution in [2.45, 2.75) is 32.7 Å². The first kappa shape index (κ1) is 16.1. The zero-order valence-corrected chi connectivity index (χ0v) is 15.3. The second-order valence-electron chi connectivity index (χ2n) is 6.75. The second kappa shape index (κ2) is 6.52. The van der Waals surface area contributed by atoms with Gasteiger partial charge in [0.25, 0.3) is 5.91 Å². The van der Waals surface area contributed by atoms with E-state index in [-0.39, 0.29) is 11.9 Å². The molecule has 6 heteroatoms. The standard InChI is InChI=1S/C19H22N4OS/c1-13-5-6-15(10-14(13)2)20-16-4-3-7-22(11-16)18(24)17-12-23-8-9-25-19(23)21-17/h5-6,8-10,12,16,20H,3-4,7,11H2,1-2H3/t16-/m1/s1. The van der Waals surface area contributed by atoms with Gasteiger partial charge in [-0.05, 0) is 49.9 Å². The van der Waals surface area contributed by atoms with Crippen LogP contribution in [0.4, 0.5) is 5.69 Å². The minimum absolute atomic E-state index is 0.0301. The third-order valence-corrected chi connectivity index (χ3v) is 5.67. The van der Waals surface area contributed by atoms with Crippen LogP contribution < -0.4 is 5.32 Å². The summed E-state index contributed by atoms with van der Waals surface area (Å²) < 4.78 is 1.91. The number of aromatic nitrogens is 2. The maximum Gasteiger partial charge on any atom is 0.274 e. The molecular weight excluding hydrogens is 332 g/mol. The normalized spacial score (nSPS) is 17.8. The molecule has 4 rings (SSSR count). The van der Waals surface area contributed by atoms with Crippen molar-refractivity contribution in [3.8, 4) is 0 Å². The Morgan fingerprint density at radius 3 is 3.00 bits per heavy atom. The first-order valence-electron chi connectivity index (χ1n) is 8.65. The third-order valence-electron chi connectivity index (χ3n) is 4.90. The Bertz CT molecular complexity index is 885. The maximum atomic E-state index is 12.8. The lowest BCUT2D eigenvalue weighted by Gasteiger charge is -2.33. The number of hydrogen-bond donors (Lipinski definition) is 1. The Morgan fingerprint density at radius 1 is 1.32 bits per heavy atom. The Labute approximate surface area is 151 Å². The molecule has 0 unspecified atom stereocenters. The predicted octanol–water partition coefficient (Wildman–Crippen LogP) is 3.73. The van der Waals surface area contributed by atoms with Gasteiger partial charge >= 0.3 is 0 Å². The first-order valence-corrected chi connectivity index (χ1v) is 9.53. The lowest BCUT2D eigenvalue weighted by atomic mass is 10.0. The van der Waals surface area contributed by atoms with Crippen LogP contribution >= 0.6 is 11.3 Å². The number of likely N-dealkylation sites (tertiary alicyclic amines) is 1. The van der Waals surface area contributed by atoms with Crippen LogP contribution in [0.25, 0.3) is 4.96 Å². The van der Waals surface area contributed by atoms with Crippen LogP contribution in [0.3, 0.4) is 0 Å². The Hall–Kier alpha value is -2.34. The van der Waals surface area contributed by atoms with E-state index in [1.54, 1.807) is 11.3 Å². The number of rotatable bonds is 3. The lowest BCUT2D eigenvalue weighted by molar-refractivity contribution is 0.0709. The molecule has 0 bridgehead atoms. The highest BCUT2D eigenvalue weighted by molar-refractivity contribution is 7.15. The molecule has 1 amide bonds. The topological polar surface area (TPSA) is 49.6 Å². The molecule has 130 valence electrons. The van der Waals surface area contributed by atoms with Gasteiger partial charge in [0.1, 0.15) is 5.69 Å². The summed E-state index contributed by atoms with van der Waals surface area (Å²) in [4.78, 5) is 20.0. The van der Waals surface area contributed by atoms with E-state index in [9.17, 15) is 4.79 Å². The van der Waals surface area contributed by atoms with E-state index in [1.165, 1.54) is 11.1 Å². The fourth-order valence-corrected chi connectivity index (χ4v) is 4.04. The molecular formula is C19H22N4OS. The zero-order valence-electron chi connectivity index (χ0n) is 14.5. The molecule has 1 aliphatic heterocycles. The van der Waals surface area contributed by atoms with Gasteiger partial charge in [-0.15, -0.1) is 11.3 Å². The molecule has 1 fully saturated rings. The van der Waals surface area contributed by atoms with E-state index < -0.39 is 0 Å². The molecule has 1 saturated heterocycles. The van der Waals surface area contributed by atoms with Gasteiger partial charge in [0.2, 0.25) is 0 Å². The van der Waals surface area contributed by atoms with Crippen LogP contribution in [0.2, 0.25) is 0 Å². The Balaban J connectivity index is 1.45. The maximum absolute atomic E-state index is 12.8. The zero-order chi connectivity index (χ0) is 17.4. The lowest BCUT2D eigenvalue weighted by Crippen LogP contribution is -2.45. The monoisotopic (exact) mass is 354 g/mol. The second-order valence-corrected chi connectivity index (χ2v) is 7.63. The summed E-state index contributed by atoms with van der Waals surface area (Å²) in [5.74, 6) is 0.0301. The highest BCUT2D eigenvalue weighted by Gasteiger charge is 2.26. The molecule has 0 aliphatic carbocycles. The molecule has 0 saturated carbocycles. The molecule has 1 aliphatic rings. The van der Waals surface area contributed by atoms with Crippen molar-refractivity contribution in [1.29, 1.82) is 0 Å². The van der Waals surface area contributed by atoms with E-state index in [4.69, 9.17) is 0 Å². The molecule has 1 aromatic carbocycles. The molecule has 3 heterocycles. The third kappa shape index (κ3) is 3.26. The van der Waals surface area contributed by atoms with Crippen LogP contribution in [0, 0.1) is 13.8 Å². The summed E-state index contributed by atoms with van der Waals surface area (Å²) in [7, 11) is 0. The van der Waals surface area contributed by atoms with Gasteiger partial charge < -0.3 is 10.2 Å². The van der Waals surface area contributed by atoms with E-state index in [0.29, 0.717) is 5.69 Å². The smallest absolute Gasteiger partial charge is 0.274 e. The Morgan fingerprint density at radius 2 is 2.20 bits per heavy atom. The fraction of sp³-hybridized carbons (Fsp3) is 0.368. The number of hydrogen-bond acceptors (Lipinski definition) is 4. The van der Waals surface area contributed by atoms with Gasteiger partial charge in [-0.25, -0.2) is 4.98 Å². The van der Waals surface area contributed by atoms with Crippen molar-refractivity contribution >= 4 is 27.9 Å². The highest BCUT2D eigenvalue weighted by Crippen LogP contribution is 2.20. The molecule has 1 atom stereocenters. The molecule has 1 N–H and O–H groups in total. The first-order chi connectivity index (χ1) is 12.1. The van der Waals surface area contributed by atoms with Crippen LogP contribution in [0.1, 0.15) is 34.5 Å². The average Bonchev–Trinajstić information content (AvgIpc) is 3.20. The number of imidazole rings is 1. The van der Waals surface area contributed by atoms with Gasteiger partial charge in [-0.2, -0.15) is 0 Å². The predicted molar refractivity (Wildman–Crippen MR) is 102 cm³/mol. The number of aryl methyl sites for hydroxylation is 2. The summed E-state index contributed by atoms with van der Waals surface area (Å²) in [5.41, 5.74) is 4.25. The van der Waals surface area contributed by atoms with E-state index in [0.717, 1.165) is 36.6 Å². The van der Waals surface area contributed by atoms with Crippen LogP contribution in [0.15, 0.2) is 36.0 Å². The molecule has 0 spiro atoms. The molecule has 2 aromatic heterocycles. The van der Waals surface area contributed by atoms with Crippen molar-refractivity contribution in [2.24, 2.45) is 0 Å². The molecule has 5 nitrogen and oxygen atoms in total. The van der Waals surface area contributed by atoms with Crippen molar-refractivity contribution in [1.82, 2.24) is 14.3 Å². The summed E-state index contributed by atoms with van der Waals surface area (Å²) >= 11 is 1.55. The van der Waals surface area contributed by atoms with Crippen LogP contribution in [0.5, 0.6) is 0 Å². The van der Waals surface area contributed by atoms with Gasteiger partial charge in [0.05, 0.1) is 0 Å². The number of thiazole rings is 1. The van der Waals surface area contributed by atoms with Crippen molar-refractivity contribution < 1.29 is 4.79 Å². The fourth-order valence-electron chi connectivity index (χ4n) is 3.34. The number of benzene rings is 1. The van der Waals surface area contributed by atoms with Crippen molar-refractivity contribution in [3.63, 3.8) is 0 Å². The van der Waals surface area contributed by atoms with Crippen LogP contribution in [-0.4, -0.2) is 39.3 Å². The quantitative estimate of drug-likeness (QED) is 0.780. The molecule has 3 aromatic rings. The molecule has 0 radical (unpaired) electrons. The van der Waals surface area contributed by atoms with Gasteiger partial charge in [0, 0.05) is 42.6 Å².